The van der Waals surface area contributed by atoms with Gasteiger partial charge in [0, 0.05) is 15.5 Å². The van der Waals surface area contributed by atoms with Crippen LogP contribution in [-0.4, -0.2) is 6.54 Å². The van der Waals surface area contributed by atoms with Gasteiger partial charge in [-0.2, -0.15) is 0 Å². The molecule has 0 heterocycles. The molecule has 0 saturated carbocycles. The normalized spacial score (nSPS) is 12.4. The average Bonchev–Trinajstić information content (AvgIpc) is 2.42. The molecule has 106 valence electrons. The maximum Gasteiger partial charge on any atom is 0.124 e. The van der Waals surface area contributed by atoms with Crippen molar-refractivity contribution in [3.8, 4) is 0 Å². The number of benzene rings is 2. The summed E-state index contributed by atoms with van der Waals surface area (Å²) in [5.41, 5.74) is 2.12. The van der Waals surface area contributed by atoms with Gasteiger partial charge in [-0.25, -0.2) is 4.39 Å². The average molecular weight is 357 g/mol. The van der Waals surface area contributed by atoms with E-state index >= 15 is 0 Å². The molecule has 1 N–H and O–H groups in total. The van der Waals surface area contributed by atoms with Crippen LogP contribution in [0.25, 0.3) is 0 Å². The van der Waals surface area contributed by atoms with Crippen molar-refractivity contribution in [2.45, 2.75) is 19.4 Å². The molecule has 0 spiro atoms. The number of halogens is 3. The van der Waals surface area contributed by atoms with E-state index in [1.165, 1.54) is 17.7 Å². The number of hydrogen-bond acceptors (Lipinski definition) is 1. The summed E-state index contributed by atoms with van der Waals surface area (Å²) in [7, 11) is 0. The lowest BCUT2D eigenvalue weighted by Crippen LogP contribution is -2.23. The molecule has 0 aliphatic carbocycles. The molecule has 20 heavy (non-hydrogen) atoms. The van der Waals surface area contributed by atoms with Crippen LogP contribution in [0, 0.1) is 5.82 Å². The van der Waals surface area contributed by atoms with Gasteiger partial charge in [-0.15, -0.1) is 0 Å². The molecule has 1 unspecified atom stereocenters. The summed E-state index contributed by atoms with van der Waals surface area (Å²) in [5.74, 6) is -0.306. The van der Waals surface area contributed by atoms with Gasteiger partial charge < -0.3 is 5.32 Å². The molecule has 0 aliphatic heterocycles. The Morgan fingerprint density at radius 2 is 2.00 bits per heavy atom. The summed E-state index contributed by atoms with van der Waals surface area (Å²) < 4.78 is 14.2. The molecular formula is C16H16BrClFN. The second-order valence-corrected chi connectivity index (χ2v) is 5.83. The van der Waals surface area contributed by atoms with Gasteiger partial charge in [0.2, 0.25) is 0 Å². The maximum atomic E-state index is 13.1. The van der Waals surface area contributed by atoms with Crippen LogP contribution in [-0.2, 0) is 6.42 Å². The van der Waals surface area contributed by atoms with Crippen LogP contribution in [0.3, 0.4) is 0 Å². The Kier molecular flexibility index (Phi) is 5.58. The first-order valence-corrected chi connectivity index (χ1v) is 7.70. The molecule has 0 aromatic heterocycles. The van der Waals surface area contributed by atoms with Gasteiger partial charge in [-0.3, -0.25) is 0 Å². The van der Waals surface area contributed by atoms with Crippen LogP contribution >= 0.6 is 27.5 Å². The van der Waals surface area contributed by atoms with Crippen molar-refractivity contribution in [3.63, 3.8) is 0 Å². The summed E-state index contributed by atoms with van der Waals surface area (Å²) in [5, 5.41) is 3.92. The molecule has 4 heteroatoms. The molecule has 0 aliphatic rings. The third-order valence-electron chi connectivity index (χ3n) is 3.17. The van der Waals surface area contributed by atoms with Gasteiger partial charge in [0.25, 0.3) is 0 Å². The van der Waals surface area contributed by atoms with E-state index in [4.69, 9.17) is 11.6 Å². The Balaban J connectivity index is 2.28. The fourth-order valence-electron chi connectivity index (χ4n) is 2.20. The van der Waals surface area contributed by atoms with Crippen LogP contribution in [0.2, 0.25) is 5.02 Å². The highest BCUT2D eigenvalue weighted by Gasteiger charge is 2.15. The zero-order chi connectivity index (χ0) is 14.5. The minimum Gasteiger partial charge on any atom is -0.310 e. The number of likely N-dealkylation sites (N-methyl/N-ethyl adjacent to an activating group) is 1. The first-order chi connectivity index (χ1) is 9.61. The van der Waals surface area contributed by atoms with Crippen molar-refractivity contribution >= 4 is 27.5 Å². The van der Waals surface area contributed by atoms with E-state index in [-0.39, 0.29) is 11.9 Å². The SMILES string of the molecule is CCNC(Cc1ccc(F)cc1Cl)c1ccccc1Br. The van der Waals surface area contributed by atoms with Crippen LogP contribution < -0.4 is 5.32 Å². The fraction of sp³-hybridized carbons (Fsp3) is 0.250. The Labute approximate surface area is 132 Å². The van der Waals surface area contributed by atoms with Gasteiger partial charge in [-0.1, -0.05) is 58.7 Å². The van der Waals surface area contributed by atoms with Gasteiger partial charge in [0.1, 0.15) is 5.82 Å². The highest BCUT2D eigenvalue weighted by Crippen LogP contribution is 2.28. The Bertz CT molecular complexity index is 588. The molecule has 0 radical (unpaired) electrons. The molecular weight excluding hydrogens is 341 g/mol. The minimum absolute atomic E-state index is 0.138. The van der Waals surface area contributed by atoms with Crippen LogP contribution in [0.4, 0.5) is 4.39 Å². The smallest absolute Gasteiger partial charge is 0.124 e. The third-order valence-corrected chi connectivity index (χ3v) is 4.24. The predicted molar refractivity (Wildman–Crippen MR) is 85.7 cm³/mol. The minimum atomic E-state index is -0.306. The molecule has 0 amide bonds. The molecule has 1 nitrogen and oxygen atoms in total. The van der Waals surface area contributed by atoms with E-state index < -0.39 is 0 Å². The summed E-state index contributed by atoms with van der Waals surface area (Å²) in [6, 6.07) is 12.8. The molecule has 0 fully saturated rings. The van der Waals surface area contributed by atoms with Crippen molar-refractivity contribution in [2.24, 2.45) is 0 Å². The number of rotatable bonds is 5. The summed E-state index contributed by atoms with van der Waals surface area (Å²) in [4.78, 5) is 0. The quantitative estimate of drug-likeness (QED) is 0.782. The van der Waals surface area contributed by atoms with Crippen molar-refractivity contribution in [2.75, 3.05) is 6.54 Å². The lowest BCUT2D eigenvalue weighted by Gasteiger charge is -2.20. The van der Waals surface area contributed by atoms with E-state index in [0.717, 1.165) is 23.0 Å². The third kappa shape index (κ3) is 3.81. The predicted octanol–water partition coefficient (Wildman–Crippen LogP) is 5.13. The zero-order valence-electron chi connectivity index (χ0n) is 11.2. The molecule has 0 saturated heterocycles. The van der Waals surface area contributed by atoms with E-state index in [0.29, 0.717) is 5.02 Å². The molecule has 2 rings (SSSR count). The van der Waals surface area contributed by atoms with E-state index in [2.05, 4.69) is 34.2 Å². The number of hydrogen-bond donors (Lipinski definition) is 1. The maximum absolute atomic E-state index is 13.1. The summed E-state index contributed by atoms with van der Waals surface area (Å²) in [6.07, 6.45) is 0.718. The van der Waals surface area contributed by atoms with Crippen LogP contribution in [0.1, 0.15) is 24.1 Å². The zero-order valence-corrected chi connectivity index (χ0v) is 13.5. The van der Waals surface area contributed by atoms with Crippen molar-refractivity contribution in [1.29, 1.82) is 0 Å². The first-order valence-electron chi connectivity index (χ1n) is 6.53. The molecule has 2 aromatic carbocycles. The second-order valence-electron chi connectivity index (χ2n) is 4.57. The molecule has 0 bridgehead atoms. The van der Waals surface area contributed by atoms with E-state index in [1.807, 2.05) is 18.2 Å². The lowest BCUT2D eigenvalue weighted by molar-refractivity contribution is 0.547. The topological polar surface area (TPSA) is 12.0 Å². The van der Waals surface area contributed by atoms with Gasteiger partial charge in [0.15, 0.2) is 0 Å². The van der Waals surface area contributed by atoms with Gasteiger partial charge in [-0.05, 0) is 42.3 Å². The Morgan fingerprint density at radius 3 is 2.65 bits per heavy atom. The van der Waals surface area contributed by atoms with Crippen molar-refractivity contribution < 1.29 is 4.39 Å². The molecule has 1 atom stereocenters. The first kappa shape index (κ1) is 15.5. The number of nitrogens with one attached hydrogen (secondary N) is 1. The highest BCUT2D eigenvalue weighted by atomic mass is 79.9. The molecule has 2 aromatic rings. The second kappa shape index (κ2) is 7.21. The largest absolute Gasteiger partial charge is 0.310 e. The van der Waals surface area contributed by atoms with E-state index in [1.54, 1.807) is 6.07 Å². The summed E-state index contributed by atoms with van der Waals surface area (Å²) >= 11 is 9.70. The van der Waals surface area contributed by atoms with Gasteiger partial charge in [0.05, 0.1) is 0 Å². The van der Waals surface area contributed by atoms with Crippen molar-refractivity contribution in [1.82, 2.24) is 5.32 Å². The van der Waals surface area contributed by atoms with Crippen LogP contribution in [0.15, 0.2) is 46.9 Å². The van der Waals surface area contributed by atoms with Gasteiger partial charge >= 0.3 is 0 Å². The van der Waals surface area contributed by atoms with Crippen LogP contribution in [0.5, 0.6) is 0 Å². The highest BCUT2D eigenvalue weighted by molar-refractivity contribution is 9.10. The Morgan fingerprint density at radius 1 is 1.25 bits per heavy atom. The standard InChI is InChI=1S/C16H16BrClFN/c1-2-20-16(13-5-3-4-6-14(13)17)9-11-7-8-12(19)10-15(11)18/h3-8,10,16,20H,2,9H2,1H3. The lowest BCUT2D eigenvalue weighted by atomic mass is 9.98. The summed E-state index contributed by atoms with van der Waals surface area (Å²) in [6.45, 7) is 2.92. The fourth-order valence-corrected chi connectivity index (χ4v) is 3.01. The monoisotopic (exact) mass is 355 g/mol. The van der Waals surface area contributed by atoms with E-state index in [9.17, 15) is 4.39 Å². The Hall–Kier alpha value is -0.900. The van der Waals surface area contributed by atoms with Crippen molar-refractivity contribution in [3.05, 3.63) is 68.9 Å².